The lowest BCUT2D eigenvalue weighted by molar-refractivity contribution is -0.145. The zero-order valence-electron chi connectivity index (χ0n) is 10.1. The molecule has 0 radical (unpaired) electrons. The maximum Gasteiger partial charge on any atom is 0.320 e. The van der Waals surface area contributed by atoms with Crippen molar-refractivity contribution >= 4 is 5.97 Å². The highest BCUT2D eigenvalue weighted by Crippen LogP contribution is 2.35. The Labute approximate surface area is 97.3 Å². The Morgan fingerprint density at radius 3 is 3.06 bits per heavy atom. The van der Waals surface area contributed by atoms with Crippen molar-refractivity contribution in [2.45, 2.75) is 26.2 Å². The highest BCUT2D eigenvalue weighted by atomic mass is 16.5. The van der Waals surface area contributed by atoms with E-state index in [-0.39, 0.29) is 5.97 Å². The molecular weight excluding hydrogens is 204 g/mol. The molecule has 4 heteroatoms. The topological polar surface area (TPSA) is 41.6 Å². The van der Waals surface area contributed by atoms with Crippen molar-refractivity contribution in [1.82, 2.24) is 10.2 Å². The van der Waals surface area contributed by atoms with E-state index in [1.807, 2.05) is 6.92 Å². The Bertz CT molecular complexity index is 249. The van der Waals surface area contributed by atoms with Gasteiger partial charge < -0.3 is 10.1 Å². The molecule has 0 saturated carbocycles. The number of rotatable bonds is 3. The van der Waals surface area contributed by atoms with Gasteiger partial charge in [0, 0.05) is 13.1 Å². The van der Waals surface area contributed by atoms with Crippen molar-refractivity contribution in [3.8, 4) is 0 Å². The van der Waals surface area contributed by atoms with Crippen molar-refractivity contribution < 1.29 is 9.53 Å². The largest absolute Gasteiger partial charge is 0.465 e. The van der Waals surface area contributed by atoms with Crippen LogP contribution in [0.1, 0.15) is 26.2 Å². The van der Waals surface area contributed by atoms with Crippen molar-refractivity contribution in [3.05, 3.63) is 0 Å². The SMILES string of the molecule is CCOC(=O)CN1CCCC2(CCNC2)C1. The summed E-state index contributed by atoms with van der Waals surface area (Å²) in [6.45, 7) is 7.16. The van der Waals surface area contributed by atoms with Crippen LogP contribution in [0.3, 0.4) is 0 Å². The molecule has 1 unspecified atom stereocenters. The number of nitrogens with one attached hydrogen (secondary N) is 1. The maximum atomic E-state index is 11.4. The van der Waals surface area contributed by atoms with Crippen LogP contribution in [0.25, 0.3) is 0 Å². The Morgan fingerprint density at radius 2 is 2.38 bits per heavy atom. The fraction of sp³-hybridized carbons (Fsp3) is 0.917. The highest BCUT2D eigenvalue weighted by Gasteiger charge is 2.38. The second kappa shape index (κ2) is 5.15. The van der Waals surface area contributed by atoms with Crippen LogP contribution in [-0.4, -0.2) is 50.2 Å². The van der Waals surface area contributed by atoms with Gasteiger partial charge in [0.1, 0.15) is 0 Å². The molecule has 2 aliphatic rings. The molecule has 2 fully saturated rings. The Balaban J connectivity index is 1.84. The van der Waals surface area contributed by atoms with E-state index in [9.17, 15) is 4.79 Å². The predicted octanol–water partition coefficient (Wildman–Crippen LogP) is 0.625. The number of hydrogen-bond acceptors (Lipinski definition) is 4. The third-order valence-corrected chi connectivity index (χ3v) is 3.73. The van der Waals surface area contributed by atoms with E-state index in [1.165, 1.54) is 19.3 Å². The standard InChI is InChI=1S/C12H22N2O2/c1-2-16-11(15)8-14-7-3-4-12(10-14)5-6-13-9-12/h13H,2-10H2,1H3. The Kier molecular flexibility index (Phi) is 3.82. The minimum atomic E-state index is -0.0782. The predicted molar refractivity (Wildman–Crippen MR) is 62.2 cm³/mol. The number of carbonyl (C=O) groups excluding carboxylic acids is 1. The fourth-order valence-corrected chi connectivity index (χ4v) is 2.98. The molecule has 16 heavy (non-hydrogen) atoms. The lowest BCUT2D eigenvalue weighted by Crippen LogP contribution is -2.46. The first kappa shape index (κ1) is 11.9. The summed E-state index contributed by atoms with van der Waals surface area (Å²) in [5, 5.41) is 3.44. The minimum Gasteiger partial charge on any atom is -0.465 e. The molecule has 0 bridgehead atoms. The maximum absolute atomic E-state index is 11.4. The van der Waals surface area contributed by atoms with E-state index in [0.717, 1.165) is 26.2 Å². The molecule has 2 aliphatic heterocycles. The average molecular weight is 226 g/mol. The van der Waals surface area contributed by atoms with Crippen LogP contribution in [0.15, 0.2) is 0 Å². The molecule has 2 heterocycles. The summed E-state index contributed by atoms with van der Waals surface area (Å²) in [4.78, 5) is 13.7. The summed E-state index contributed by atoms with van der Waals surface area (Å²) in [5.74, 6) is -0.0782. The molecule has 0 amide bonds. The average Bonchev–Trinajstić information content (AvgIpc) is 2.66. The lowest BCUT2D eigenvalue weighted by Gasteiger charge is -2.39. The number of piperidine rings is 1. The molecule has 1 spiro atoms. The normalized spacial score (nSPS) is 30.8. The molecule has 2 rings (SSSR count). The number of carbonyl (C=O) groups is 1. The van der Waals surface area contributed by atoms with Gasteiger partial charge in [-0.15, -0.1) is 0 Å². The minimum absolute atomic E-state index is 0.0782. The van der Waals surface area contributed by atoms with Crippen molar-refractivity contribution in [2.24, 2.45) is 5.41 Å². The second-order valence-electron chi connectivity index (χ2n) is 5.05. The van der Waals surface area contributed by atoms with Gasteiger partial charge in [0.15, 0.2) is 0 Å². The van der Waals surface area contributed by atoms with E-state index in [2.05, 4.69) is 10.2 Å². The van der Waals surface area contributed by atoms with Crippen LogP contribution in [0.4, 0.5) is 0 Å². The van der Waals surface area contributed by atoms with E-state index >= 15 is 0 Å². The molecule has 0 aliphatic carbocycles. The van der Waals surface area contributed by atoms with Crippen LogP contribution in [-0.2, 0) is 9.53 Å². The quantitative estimate of drug-likeness (QED) is 0.717. The molecule has 0 aromatic carbocycles. The summed E-state index contributed by atoms with van der Waals surface area (Å²) in [6, 6.07) is 0. The number of ether oxygens (including phenoxy) is 1. The second-order valence-corrected chi connectivity index (χ2v) is 5.05. The van der Waals surface area contributed by atoms with Crippen molar-refractivity contribution in [2.75, 3.05) is 39.3 Å². The van der Waals surface area contributed by atoms with Gasteiger partial charge in [-0.1, -0.05) is 0 Å². The monoisotopic (exact) mass is 226 g/mol. The van der Waals surface area contributed by atoms with E-state index < -0.39 is 0 Å². The molecular formula is C12H22N2O2. The van der Waals surface area contributed by atoms with Crippen LogP contribution >= 0.6 is 0 Å². The Morgan fingerprint density at radius 1 is 1.50 bits per heavy atom. The van der Waals surface area contributed by atoms with Crippen molar-refractivity contribution in [1.29, 1.82) is 0 Å². The number of nitrogens with zero attached hydrogens (tertiary/aromatic N) is 1. The first-order chi connectivity index (χ1) is 7.74. The van der Waals surface area contributed by atoms with Crippen LogP contribution < -0.4 is 5.32 Å². The summed E-state index contributed by atoms with van der Waals surface area (Å²) < 4.78 is 5.00. The zero-order valence-corrected chi connectivity index (χ0v) is 10.1. The number of likely N-dealkylation sites (tertiary alicyclic amines) is 1. The van der Waals surface area contributed by atoms with E-state index in [0.29, 0.717) is 18.6 Å². The van der Waals surface area contributed by atoms with Gasteiger partial charge in [-0.3, -0.25) is 9.69 Å². The fourth-order valence-electron chi connectivity index (χ4n) is 2.98. The van der Waals surface area contributed by atoms with Gasteiger partial charge in [0.25, 0.3) is 0 Å². The third kappa shape index (κ3) is 2.74. The van der Waals surface area contributed by atoms with E-state index in [1.54, 1.807) is 0 Å². The highest BCUT2D eigenvalue weighted by molar-refractivity contribution is 5.71. The smallest absolute Gasteiger partial charge is 0.320 e. The van der Waals surface area contributed by atoms with Crippen LogP contribution in [0.2, 0.25) is 0 Å². The summed E-state index contributed by atoms with van der Waals surface area (Å²) in [6.07, 6.45) is 3.77. The first-order valence-electron chi connectivity index (χ1n) is 6.33. The molecule has 1 atom stereocenters. The number of hydrogen-bond donors (Lipinski definition) is 1. The van der Waals surface area contributed by atoms with Gasteiger partial charge in [0.05, 0.1) is 13.2 Å². The van der Waals surface area contributed by atoms with Crippen LogP contribution in [0.5, 0.6) is 0 Å². The summed E-state index contributed by atoms with van der Waals surface area (Å²) >= 11 is 0. The zero-order chi connectivity index (χ0) is 11.4. The Hall–Kier alpha value is -0.610. The first-order valence-corrected chi connectivity index (χ1v) is 6.33. The molecule has 2 saturated heterocycles. The van der Waals surface area contributed by atoms with Gasteiger partial charge in [-0.25, -0.2) is 0 Å². The summed E-state index contributed by atoms with van der Waals surface area (Å²) in [5.41, 5.74) is 0.435. The molecule has 92 valence electrons. The molecule has 0 aromatic rings. The van der Waals surface area contributed by atoms with Gasteiger partial charge >= 0.3 is 5.97 Å². The number of esters is 1. The van der Waals surface area contributed by atoms with E-state index in [4.69, 9.17) is 4.74 Å². The third-order valence-electron chi connectivity index (χ3n) is 3.73. The molecule has 4 nitrogen and oxygen atoms in total. The molecule has 1 N–H and O–H groups in total. The lowest BCUT2D eigenvalue weighted by atomic mass is 9.79. The molecule has 0 aromatic heterocycles. The summed E-state index contributed by atoms with van der Waals surface area (Å²) in [7, 11) is 0. The van der Waals surface area contributed by atoms with Gasteiger partial charge in [-0.05, 0) is 44.7 Å². The van der Waals surface area contributed by atoms with Crippen molar-refractivity contribution in [3.63, 3.8) is 0 Å². The van der Waals surface area contributed by atoms with Gasteiger partial charge in [0.2, 0.25) is 0 Å². The van der Waals surface area contributed by atoms with Crippen LogP contribution in [0, 0.1) is 5.41 Å². The van der Waals surface area contributed by atoms with Gasteiger partial charge in [-0.2, -0.15) is 0 Å².